The van der Waals surface area contributed by atoms with Gasteiger partial charge < -0.3 is 16.0 Å². The molecule has 0 saturated heterocycles. The highest BCUT2D eigenvalue weighted by molar-refractivity contribution is 5.95. The van der Waals surface area contributed by atoms with Crippen molar-refractivity contribution < 1.29 is 4.79 Å². The zero-order valence-corrected chi connectivity index (χ0v) is 16.7. The van der Waals surface area contributed by atoms with Crippen LogP contribution in [-0.2, 0) is 11.3 Å². The van der Waals surface area contributed by atoms with E-state index in [1.165, 1.54) is 0 Å². The van der Waals surface area contributed by atoms with Gasteiger partial charge in [0.15, 0.2) is 0 Å². The predicted molar refractivity (Wildman–Crippen MR) is 114 cm³/mol. The van der Waals surface area contributed by atoms with E-state index >= 15 is 0 Å². The maximum absolute atomic E-state index is 12.5. The normalized spacial score (nSPS) is 18.4. The number of nitrogens with zero attached hydrogens (tertiary/aromatic N) is 4. The summed E-state index contributed by atoms with van der Waals surface area (Å²) in [5.41, 5.74) is 10.5. The van der Waals surface area contributed by atoms with E-state index in [4.69, 9.17) is 5.73 Å². The number of anilines is 2. The number of nitrogens with two attached hydrogens (primary N) is 1. The smallest absolute Gasteiger partial charge is 0.226 e. The number of nitrogens with one attached hydrogen (secondary N) is 1. The van der Waals surface area contributed by atoms with Crippen molar-refractivity contribution in [2.75, 3.05) is 10.2 Å². The Labute approximate surface area is 170 Å². The maximum Gasteiger partial charge on any atom is 0.226 e. The second-order valence-corrected chi connectivity index (χ2v) is 7.36. The van der Waals surface area contributed by atoms with Crippen molar-refractivity contribution in [1.82, 2.24) is 15.0 Å². The van der Waals surface area contributed by atoms with Gasteiger partial charge in [-0.3, -0.25) is 4.79 Å². The summed E-state index contributed by atoms with van der Waals surface area (Å²) in [6.45, 7) is 4.40. The van der Waals surface area contributed by atoms with Gasteiger partial charge in [-0.05, 0) is 49.2 Å². The fourth-order valence-corrected chi connectivity index (χ4v) is 3.93. The first-order valence-corrected chi connectivity index (χ1v) is 10.00. The molecule has 150 valence electrons. The SMILES string of the molecule is CCC(=O)N1c2ccccc2[C@H](Nc2ccc(-n3cc(CN)nn3)cc2)C[C@@H]1C. The Hall–Kier alpha value is -3.19. The van der Waals surface area contributed by atoms with Crippen LogP contribution in [0.25, 0.3) is 5.69 Å². The lowest BCUT2D eigenvalue weighted by molar-refractivity contribution is -0.118. The van der Waals surface area contributed by atoms with Crippen LogP contribution in [0.1, 0.15) is 44.0 Å². The number of rotatable bonds is 5. The Kier molecular flexibility index (Phi) is 5.31. The largest absolute Gasteiger partial charge is 0.378 e. The Morgan fingerprint density at radius 1 is 1.21 bits per heavy atom. The molecule has 3 N–H and O–H groups in total. The van der Waals surface area contributed by atoms with Crippen molar-refractivity contribution in [3.8, 4) is 5.69 Å². The standard InChI is InChI=1S/C22H26N6O/c1-3-22(29)28-15(2)12-20(19-6-4-5-7-21(19)28)24-16-8-10-18(11-9-16)27-14-17(13-23)25-26-27/h4-11,14-15,20,24H,3,12-13,23H2,1-2H3/t15-,20+/m0/s1. The fraction of sp³-hybridized carbons (Fsp3) is 0.318. The number of carbonyl (C=O) groups is 1. The molecule has 2 heterocycles. The molecule has 7 nitrogen and oxygen atoms in total. The molecule has 0 bridgehead atoms. The lowest BCUT2D eigenvalue weighted by Gasteiger charge is -2.40. The molecule has 2 aromatic carbocycles. The summed E-state index contributed by atoms with van der Waals surface area (Å²) in [6.07, 6.45) is 3.20. The second kappa shape index (κ2) is 8.05. The van der Waals surface area contributed by atoms with Gasteiger partial charge in [-0.25, -0.2) is 4.68 Å². The van der Waals surface area contributed by atoms with Gasteiger partial charge in [-0.2, -0.15) is 0 Å². The summed E-state index contributed by atoms with van der Waals surface area (Å²) in [4.78, 5) is 14.4. The summed E-state index contributed by atoms with van der Waals surface area (Å²) < 4.78 is 1.72. The summed E-state index contributed by atoms with van der Waals surface area (Å²) in [5, 5.41) is 11.8. The third-order valence-corrected chi connectivity index (χ3v) is 5.38. The van der Waals surface area contributed by atoms with E-state index in [0.29, 0.717) is 13.0 Å². The molecule has 1 aromatic heterocycles. The second-order valence-electron chi connectivity index (χ2n) is 7.36. The minimum atomic E-state index is 0.138. The van der Waals surface area contributed by atoms with Crippen LogP contribution < -0.4 is 16.0 Å². The molecule has 0 radical (unpaired) electrons. The number of aromatic nitrogens is 3. The number of hydrogen-bond acceptors (Lipinski definition) is 5. The van der Waals surface area contributed by atoms with Crippen molar-refractivity contribution in [1.29, 1.82) is 0 Å². The molecule has 0 unspecified atom stereocenters. The van der Waals surface area contributed by atoms with E-state index in [2.05, 4.69) is 28.6 Å². The van der Waals surface area contributed by atoms with E-state index in [9.17, 15) is 4.79 Å². The lowest BCUT2D eigenvalue weighted by atomic mass is 9.91. The van der Waals surface area contributed by atoms with Gasteiger partial charge in [0.1, 0.15) is 0 Å². The maximum atomic E-state index is 12.5. The molecule has 0 fully saturated rings. The first-order valence-electron chi connectivity index (χ1n) is 10.00. The van der Waals surface area contributed by atoms with Gasteiger partial charge in [0.2, 0.25) is 5.91 Å². The van der Waals surface area contributed by atoms with Gasteiger partial charge in [0, 0.05) is 30.4 Å². The first kappa shape index (κ1) is 19.1. The topological polar surface area (TPSA) is 89.1 Å². The number of benzene rings is 2. The molecular formula is C22H26N6O. The molecular weight excluding hydrogens is 364 g/mol. The lowest BCUT2D eigenvalue weighted by Crippen LogP contribution is -2.44. The van der Waals surface area contributed by atoms with Crippen molar-refractivity contribution in [3.05, 3.63) is 66.0 Å². The van der Waals surface area contributed by atoms with Crippen LogP contribution >= 0.6 is 0 Å². The van der Waals surface area contributed by atoms with Crippen LogP contribution in [0.5, 0.6) is 0 Å². The number of fused-ring (bicyclic) bond motifs is 1. The minimum Gasteiger partial charge on any atom is -0.378 e. The van der Waals surface area contributed by atoms with E-state index in [1.54, 1.807) is 4.68 Å². The van der Waals surface area contributed by atoms with Gasteiger partial charge >= 0.3 is 0 Å². The molecule has 0 aliphatic carbocycles. The zero-order valence-electron chi connectivity index (χ0n) is 16.7. The highest BCUT2D eigenvalue weighted by atomic mass is 16.2. The number of carbonyl (C=O) groups excluding carboxylic acids is 1. The fourth-order valence-electron chi connectivity index (χ4n) is 3.93. The van der Waals surface area contributed by atoms with Crippen LogP contribution in [0.2, 0.25) is 0 Å². The zero-order chi connectivity index (χ0) is 20.4. The van der Waals surface area contributed by atoms with Crippen LogP contribution in [0.3, 0.4) is 0 Å². The quantitative estimate of drug-likeness (QED) is 0.697. The molecule has 0 saturated carbocycles. The highest BCUT2D eigenvalue weighted by Crippen LogP contribution is 2.39. The summed E-state index contributed by atoms with van der Waals surface area (Å²) in [6, 6.07) is 16.5. The van der Waals surface area contributed by atoms with Gasteiger partial charge in [-0.15, -0.1) is 5.10 Å². The van der Waals surface area contributed by atoms with Crippen molar-refractivity contribution in [3.63, 3.8) is 0 Å². The number of hydrogen-bond donors (Lipinski definition) is 2. The Balaban J connectivity index is 1.56. The Bertz CT molecular complexity index is 997. The number of para-hydroxylation sites is 1. The Morgan fingerprint density at radius 2 is 1.97 bits per heavy atom. The van der Waals surface area contributed by atoms with E-state index in [0.717, 1.165) is 34.7 Å². The summed E-state index contributed by atoms with van der Waals surface area (Å²) in [5.74, 6) is 0.164. The monoisotopic (exact) mass is 390 g/mol. The van der Waals surface area contributed by atoms with Gasteiger partial charge in [0.05, 0.1) is 23.6 Å². The van der Waals surface area contributed by atoms with Gasteiger partial charge in [-0.1, -0.05) is 30.3 Å². The van der Waals surface area contributed by atoms with Crippen LogP contribution in [-0.4, -0.2) is 26.9 Å². The molecule has 1 amide bonds. The third-order valence-electron chi connectivity index (χ3n) is 5.38. The van der Waals surface area contributed by atoms with Crippen molar-refractivity contribution >= 4 is 17.3 Å². The van der Waals surface area contributed by atoms with Crippen LogP contribution in [0.4, 0.5) is 11.4 Å². The molecule has 0 spiro atoms. The van der Waals surface area contributed by atoms with Crippen molar-refractivity contribution in [2.24, 2.45) is 5.73 Å². The van der Waals surface area contributed by atoms with E-state index < -0.39 is 0 Å². The first-order chi connectivity index (χ1) is 14.1. The Morgan fingerprint density at radius 3 is 2.66 bits per heavy atom. The van der Waals surface area contributed by atoms with Crippen molar-refractivity contribution in [2.45, 2.75) is 45.3 Å². The minimum absolute atomic E-state index is 0.138. The molecule has 7 heteroatoms. The van der Waals surface area contributed by atoms with E-state index in [1.807, 2.05) is 60.5 Å². The predicted octanol–water partition coefficient (Wildman–Crippen LogP) is 3.41. The molecule has 2 atom stereocenters. The molecule has 29 heavy (non-hydrogen) atoms. The highest BCUT2D eigenvalue weighted by Gasteiger charge is 2.32. The van der Waals surface area contributed by atoms with Crippen LogP contribution in [0, 0.1) is 0 Å². The average Bonchev–Trinajstić information content (AvgIpc) is 3.23. The average molecular weight is 390 g/mol. The molecule has 4 rings (SSSR count). The van der Waals surface area contributed by atoms with Crippen LogP contribution in [0.15, 0.2) is 54.7 Å². The molecule has 3 aromatic rings. The third kappa shape index (κ3) is 3.73. The number of amides is 1. The molecule has 1 aliphatic heterocycles. The summed E-state index contributed by atoms with van der Waals surface area (Å²) in [7, 11) is 0. The van der Waals surface area contributed by atoms with E-state index in [-0.39, 0.29) is 18.0 Å². The summed E-state index contributed by atoms with van der Waals surface area (Å²) >= 11 is 0. The van der Waals surface area contributed by atoms with Gasteiger partial charge in [0.25, 0.3) is 0 Å². The molecule has 1 aliphatic rings.